The van der Waals surface area contributed by atoms with Crippen molar-refractivity contribution in [2.45, 2.75) is 45.6 Å². The summed E-state index contributed by atoms with van der Waals surface area (Å²) in [5.41, 5.74) is -2.55. The van der Waals surface area contributed by atoms with Gasteiger partial charge in [-0.15, -0.1) is 0 Å². The summed E-state index contributed by atoms with van der Waals surface area (Å²) in [7, 11) is -3.71. The Morgan fingerprint density at radius 2 is 2.17 bits per heavy atom. The van der Waals surface area contributed by atoms with E-state index in [0.29, 0.717) is 18.6 Å². The van der Waals surface area contributed by atoms with Gasteiger partial charge in [0.25, 0.3) is 0 Å². The van der Waals surface area contributed by atoms with Crippen LogP contribution in [0.2, 0.25) is 0 Å². The van der Waals surface area contributed by atoms with Gasteiger partial charge >= 0.3 is 0 Å². The molecule has 1 aromatic rings. The minimum Gasteiger partial charge on any atom is -0.466 e. The monoisotopic (exact) mass is 355 g/mol. The third-order valence-corrected chi connectivity index (χ3v) is 7.72. The number of nitrogens with one attached hydrogen (secondary N) is 1. The van der Waals surface area contributed by atoms with Gasteiger partial charge in [0.15, 0.2) is 0 Å². The van der Waals surface area contributed by atoms with Crippen molar-refractivity contribution in [1.82, 2.24) is 4.72 Å². The molecule has 0 radical (unpaired) electrons. The van der Waals surface area contributed by atoms with Gasteiger partial charge in [-0.05, 0) is 43.2 Å². The number of rotatable bonds is 6. The zero-order chi connectivity index (χ0) is 17.8. The minimum atomic E-state index is -3.71. The summed E-state index contributed by atoms with van der Waals surface area (Å²) in [6.07, 6.45) is 3.43. The third kappa shape index (κ3) is 2.62. The smallest absolute Gasteiger partial charge is 0.212 e. The highest BCUT2D eigenvalue weighted by Gasteiger charge is 2.65. The molecule has 2 fully saturated rings. The Morgan fingerprint density at radius 1 is 1.46 bits per heavy atom. The molecule has 3 rings (SSSR count). The maximum atomic E-state index is 12.6. The molecule has 24 heavy (non-hydrogen) atoms. The Balaban J connectivity index is 1.74. The van der Waals surface area contributed by atoms with Crippen molar-refractivity contribution in [2.75, 3.05) is 12.3 Å². The predicted molar refractivity (Wildman–Crippen MR) is 88.6 cm³/mol. The van der Waals surface area contributed by atoms with Crippen LogP contribution >= 0.6 is 0 Å². The van der Waals surface area contributed by atoms with E-state index in [-0.39, 0.29) is 29.4 Å². The molecule has 2 aliphatic rings. The van der Waals surface area contributed by atoms with Crippen LogP contribution in [0.1, 0.15) is 45.8 Å². The van der Waals surface area contributed by atoms with Crippen LogP contribution in [0.25, 0.3) is 0 Å². The second kappa shape index (κ2) is 5.41. The SMILES string of the molecule is CC1(C)[C@H]2CC[C@]1(CS(=O)(=O)NC[C@](C)(O)c1ccco1)C(=O)C2. The first kappa shape index (κ1) is 17.6. The molecular weight excluding hydrogens is 330 g/mol. The van der Waals surface area contributed by atoms with Crippen molar-refractivity contribution in [3.63, 3.8) is 0 Å². The Morgan fingerprint density at radius 3 is 2.67 bits per heavy atom. The van der Waals surface area contributed by atoms with E-state index >= 15 is 0 Å². The number of hydrogen-bond acceptors (Lipinski definition) is 5. The molecule has 2 aliphatic carbocycles. The van der Waals surface area contributed by atoms with Gasteiger partial charge in [-0.2, -0.15) is 0 Å². The molecule has 2 N–H and O–H groups in total. The highest BCUT2D eigenvalue weighted by molar-refractivity contribution is 7.89. The summed E-state index contributed by atoms with van der Waals surface area (Å²) < 4.78 is 32.8. The molecule has 6 nitrogen and oxygen atoms in total. The molecular formula is C17H25NO5S. The standard InChI is InChI=1S/C17H25NO5S/c1-15(2)12-6-7-17(15,13(19)9-12)11-24(21,22)18-10-16(3,20)14-5-4-8-23-14/h4-5,8,12,18,20H,6-7,9-11H2,1-3H3/t12-,16-,17-/m0/s1. The molecule has 134 valence electrons. The van der Waals surface area contributed by atoms with E-state index in [2.05, 4.69) is 4.72 Å². The number of sulfonamides is 1. The maximum Gasteiger partial charge on any atom is 0.212 e. The van der Waals surface area contributed by atoms with Crippen molar-refractivity contribution in [3.05, 3.63) is 24.2 Å². The van der Waals surface area contributed by atoms with Crippen LogP contribution in [0.5, 0.6) is 0 Å². The molecule has 2 saturated carbocycles. The third-order valence-electron chi connectivity index (χ3n) is 6.26. The number of aliphatic hydroxyl groups is 1. The first-order chi connectivity index (χ1) is 11.0. The lowest BCUT2D eigenvalue weighted by molar-refractivity contribution is -0.128. The highest BCUT2D eigenvalue weighted by Crippen LogP contribution is 2.64. The Labute approximate surface area is 142 Å². The van der Waals surface area contributed by atoms with Crippen molar-refractivity contribution in [2.24, 2.45) is 16.7 Å². The van der Waals surface area contributed by atoms with Crippen LogP contribution in [0.3, 0.4) is 0 Å². The highest BCUT2D eigenvalue weighted by atomic mass is 32.2. The molecule has 0 unspecified atom stereocenters. The molecule has 3 atom stereocenters. The fourth-order valence-electron chi connectivity index (χ4n) is 4.41. The van der Waals surface area contributed by atoms with Gasteiger partial charge in [0, 0.05) is 18.4 Å². The Hall–Kier alpha value is -1.18. The number of ketones is 1. The summed E-state index contributed by atoms with van der Waals surface area (Å²) in [5, 5.41) is 10.4. The average Bonchev–Trinajstić information content (AvgIpc) is 3.12. The molecule has 0 saturated heterocycles. The predicted octanol–water partition coefficient (Wildman–Crippen LogP) is 1.80. The van der Waals surface area contributed by atoms with Crippen molar-refractivity contribution in [1.29, 1.82) is 0 Å². The van der Waals surface area contributed by atoms with Gasteiger partial charge in [0.1, 0.15) is 17.1 Å². The van der Waals surface area contributed by atoms with Crippen LogP contribution in [0.15, 0.2) is 22.8 Å². The minimum absolute atomic E-state index is 0.0620. The first-order valence-corrected chi connectivity index (χ1v) is 9.92. The topological polar surface area (TPSA) is 96.6 Å². The molecule has 7 heteroatoms. The molecule has 0 spiro atoms. The van der Waals surface area contributed by atoms with Crippen LogP contribution in [0.4, 0.5) is 0 Å². The van der Waals surface area contributed by atoms with E-state index in [1.54, 1.807) is 12.1 Å². The number of furan rings is 1. The molecule has 2 bridgehead atoms. The van der Waals surface area contributed by atoms with Gasteiger partial charge in [0.05, 0.1) is 12.0 Å². The summed E-state index contributed by atoms with van der Waals surface area (Å²) >= 11 is 0. The summed E-state index contributed by atoms with van der Waals surface area (Å²) in [5.74, 6) is 0.413. The van der Waals surface area contributed by atoms with Gasteiger partial charge in [-0.25, -0.2) is 13.1 Å². The number of fused-ring (bicyclic) bond motifs is 2. The van der Waals surface area contributed by atoms with E-state index in [1.165, 1.54) is 13.2 Å². The number of carbonyl (C=O) groups excluding carboxylic acids is 1. The van der Waals surface area contributed by atoms with E-state index in [1.807, 2.05) is 13.8 Å². The second-order valence-electron chi connectivity index (χ2n) is 8.00. The number of hydrogen-bond donors (Lipinski definition) is 2. The summed E-state index contributed by atoms with van der Waals surface area (Å²) in [4.78, 5) is 12.5. The van der Waals surface area contributed by atoms with Crippen LogP contribution in [0, 0.1) is 16.7 Å². The molecule has 0 aliphatic heterocycles. The van der Waals surface area contributed by atoms with Gasteiger partial charge in [0.2, 0.25) is 10.0 Å². The zero-order valence-electron chi connectivity index (χ0n) is 14.3. The number of Topliss-reactive ketones (excluding diaryl/α,β-unsaturated/α-hetero) is 1. The molecule has 0 amide bonds. The average molecular weight is 355 g/mol. The molecule has 1 heterocycles. The zero-order valence-corrected chi connectivity index (χ0v) is 15.1. The molecule has 0 aromatic carbocycles. The summed E-state index contributed by atoms with van der Waals surface area (Å²) in [6, 6.07) is 3.23. The lowest BCUT2D eigenvalue weighted by Crippen LogP contribution is -2.47. The summed E-state index contributed by atoms with van der Waals surface area (Å²) in [6.45, 7) is 5.30. The lowest BCUT2D eigenvalue weighted by Gasteiger charge is -2.36. The van der Waals surface area contributed by atoms with Gasteiger partial charge in [-0.3, -0.25) is 4.79 Å². The maximum absolute atomic E-state index is 12.6. The first-order valence-electron chi connectivity index (χ1n) is 8.27. The fourth-order valence-corrected chi connectivity index (χ4v) is 6.34. The van der Waals surface area contributed by atoms with Crippen molar-refractivity contribution < 1.29 is 22.7 Å². The molecule has 1 aromatic heterocycles. The van der Waals surface area contributed by atoms with Crippen molar-refractivity contribution >= 4 is 15.8 Å². The van der Waals surface area contributed by atoms with E-state index in [9.17, 15) is 18.3 Å². The van der Waals surface area contributed by atoms with Gasteiger partial charge < -0.3 is 9.52 Å². The van der Waals surface area contributed by atoms with Crippen molar-refractivity contribution in [3.8, 4) is 0 Å². The Kier molecular flexibility index (Phi) is 3.97. The fraction of sp³-hybridized carbons (Fsp3) is 0.706. The second-order valence-corrected chi connectivity index (χ2v) is 9.80. The number of carbonyl (C=O) groups is 1. The van der Waals surface area contributed by atoms with E-state index < -0.39 is 21.0 Å². The lowest BCUT2D eigenvalue weighted by atomic mass is 9.70. The van der Waals surface area contributed by atoms with Crippen LogP contribution < -0.4 is 4.72 Å². The van der Waals surface area contributed by atoms with E-state index in [4.69, 9.17) is 4.42 Å². The van der Waals surface area contributed by atoms with Crippen LogP contribution in [-0.4, -0.2) is 31.6 Å². The van der Waals surface area contributed by atoms with E-state index in [0.717, 1.165) is 6.42 Å². The van der Waals surface area contributed by atoms with Crippen LogP contribution in [-0.2, 0) is 20.4 Å². The Bertz CT molecular complexity index is 735. The normalized spacial score (nSPS) is 31.3. The largest absolute Gasteiger partial charge is 0.466 e. The quantitative estimate of drug-likeness (QED) is 0.811. The van der Waals surface area contributed by atoms with Gasteiger partial charge in [-0.1, -0.05) is 13.8 Å².